The van der Waals surface area contributed by atoms with Crippen molar-refractivity contribution in [3.05, 3.63) is 71.8 Å². The van der Waals surface area contributed by atoms with Crippen molar-refractivity contribution >= 4 is 7.60 Å². The summed E-state index contributed by atoms with van der Waals surface area (Å²) < 4.78 is 17.3. The fourth-order valence-corrected chi connectivity index (χ4v) is 4.03. The normalized spacial score (nSPS) is 13.5. The van der Waals surface area contributed by atoms with Crippen LogP contribution in [0.4, 0.5) is 0 Å². The van der Waals surface area contributed by atoms with Gasteiger partial charge < -0.3 is 9.42 Å². The van der Waals surface area contributed by atoms with Crippen molar-refractivity contribution in [2.24, 2.45) is 0 Å². The van der Waals surface area contributed by atoms with E-state index in [1.54, 1.807) is 0 Å². The molecule has 0 aliphatic carbocycles. The predicted octanol–water partition coefficient (Wildman–Crippen LogP) is 5.97. The Morgan fingerprint density at radius 2 is 1.24 bits per heavy atom. The molecule has 0 spiro atoms. The summed E-state index contributed by atoms with van der Waals surface area (Å²) in [4.78, 5) is 9.88. The molecule has 1 atom stereocenters. The van der Waals surface area contributed by atoms with Gasteiger partial charge >= 0.3 is 7.60 Å². The Morgan fingerprint density at radius 3 is 1.88 bits per heavy atom. The maximum absolute atomic E-state index is 12.0. The molecule has 4 heteroatoms. The zero-order valence-electron chi connectivity index (χ0n) is 14.8. The predicted molar refractivity (Wildman–Crippen MR) is 104 cm³/mol. The zero-order chi connectivity index (χ0) is 17.8. The van der Waals surface area contributed by atoms with Crippen LogP contribution in [0.25, 0.3) is 0 Å². The van der Waals surface area contributed by atoms with E-state index in [9.17, 15) is 9.46 Å². The molecule has 25 heavy (non-hydrogen) atoms. The second-order valence-electron chi connectivity index (χ2n) is 6.47. The first kappa shape index (κ1) is 19.9. The first-order chi connectivity index (χ1) is 12.2. The second-order valence-corrected chi connectivity index (χ2v) is 8.32. The molecule has 0 radical (unpaired) electrons. The lowest BCUT2D eigenvalue weighted by Gasteiger charge is -2.12. The van der Waals surface area contributed by atoms with Crippen LogP contribution in [-0.2, 0) is 21.7 Å². The van der Waals surface area contributed by atoms with Gasteiger partial charge in [0.05, 0.1) is 12.8 Å². The first-order valence-electron chi connectivity index (χ1n) is 9.20. The molecule has 0 aromatic heterocycles. The van der Waals surface area contributed by atoms with Crippen molar-refractivity contribution in [1.29, 1.82) is 0 Å². The average Bonchev–Trinajstić information content (AvgIpc) is 2.61. The lowest BCUT2D eigenvalue weighted by Crippen LogP contribution is -1.96. The van der Waals surface area contributed by atoms with Crippen molar-refractivity contribution in [3.63, 3.8) is 0 Å². The van der Waals surface area contributed by atoms with Crippen molar-refractivity contribution in [2.45, 2.75) is 51.1 Å². The Balaban J connectivity index is 1.47. The standard InChI is InChI=1S/C21H29O3P/c22-25(23,19-21-16-10-6-11-17-21)24-18-12-4-2-1-3-7-13-20-14-8-5-9-15-20/h5-6,8-11,14-17H,1-4,7,12-13,18-19H2,(H,22,23). The van der Waals surface area contributed by atoms with Crippen LogP contribution in [0.2, 0.25) is 0 Å². The van der Waals surface area contributed by atoms with E-state index in [0.29, 0.717) is 6.61 Å². The van der Waals surface area contributed by atoms with E-state index in [2.05, 4.69) is 30.3 Å². The molecule has 0 saturated heterocycles. The maximum atomic E-state index is 12.0. The monoisotopic (exact) mass is 360 g/mol. The second kappa shape index (κ2) is 11.3. The van der Waals surface area contributed by atoms with E-state index in [0.717, 1.165) is 31.2 Å². The van der Waals surface area contributed by atoms with Gasteiger partial charge in [-0.25, -0.2) is 0 Å². The van der Waals surface area contributed by atoms with Crippen LogP contribution < -0.4 is 0 Å². The average molecular weight is 360 g/mol. The molecule has 2 rings (SSSR count). The van der Waals surface area contributed by atoms with Crippen molar-refractivity contribution in [1.82, 2.24) is 0 Å². The largest absolute Gasteiger partial charge is 0.332 e. The van der Waals surface area contributed by atoms with E-state index in [4.69, 9.17) is 4.52 Å². The van der Waals surface area contributed by atoms with Gasteiger partial charge in [-0.2, -0.15) is 0 Å². The van der Waals surface area contributed by atoms with Crippen LogP contribution in [0, 0.1) is 0 Å². The van der Waals surface area contributed by atoms with E-state index in [1.807, 2.05) is 30.3 Å². The number of hydrogen-bond donors (Lipinski definition) is 1. The minimum absolute atomic E-state index is 0.0906. The first-order valence-corrected chi connectivity index (χ1v) is 11.0. The molecular weight excluding hydrogens is 331 g/mol. The fraction of sp³-hybridized carbons (Fsp3) is 0.429. The Bertz CT molecular complexity index is 628. The van der Waals surface area contributed by atoms with Gasteiger partial charge in [0, 0.05) is 0 Å². The molecule has 0 aliphatic rings. The molecule has 0 fully saturated rings. The van der Waals surface area contributed by atoms with Gasteiger partial charge in [0.1, 0.15) is 0 Å². The van der Waals surface area contributed by atoms with Crippen LogP contribution >= 0.6 is 7.60 Å². The molecule has 1 unspecified atom stereocenters. The quantitative estimate of drug-likeness (QED) is 0.374. The number of unbranched alkanes of at least 4 members (excludes halogenated alkanes) is 5. The molecule has 0 aliphatic heterocycles. The molecule has 2 aromatic carbocycles. The molecule has 0 bridgehead atoms. The van der Waals surface area contributed by atoms with Gasteiger partial charge in [-0.15, -0.1) is 0 Å². The molecule has 0 saturated carbocycles. The third kappa shape index (κ3) is 9.02. The lowest BCUT2D eigenvalue weighted by atomic mass is 10.1. The zero-order valence-corrected chi connectivity index (χ0v) is 15.7. The molecule has 136 valence electrons. The summed E-state index contributed by atoms with van der Waals surface area (Å²) >= 11 is 0. The topological polar surface area (TPSA) is 46.5 Å². The summed E-state index contributed by atoms with van der Waals surface area (Å²) in [6.07, 6.45) is 7.98. The van der Waals surface area contributed by atoms with Crippen LogP contribution in [0.1, 0.15) is 49.7 Å². The summed E-state index contributed by atoms with van der Waals surface area (Å²) in [5.41, 5.74) is 2.25. The van der Waals surface area contributed by atoms with Crippen molar-refractivity contribution in [2.75, 3.05) is 6.61 Å². The number of rotatable bonds is 12. The third-order valence-electron chi connectivity index (χ3n) is 4.22. The number of benzene rings is 2. The highest BCUT2D eigenvalue weighted by Crippen LogP contribution is 2.45. The van der Waals surface area contributed by atoms with Gasteiger partial charge in [0.15, 0.2) is 0 Å². The minimum atomic E-state index is -3.51. The molecular formula is C21H29O3P. The van der Waals surface area contributed by atoms with Crippen LogP contribution in [-0.4, -0.2) is 11.5 Å². The Labute approximate surface area is 151 Å². The Hall–Kier alpha value is -1.41. The van der Waals surface area contributed by atoms with Crippen molar-refractivity contribution < 1.29 is 14.0 Å². The maximum Gasteiger partial charge on any atom is 0.332 e. The SMILES string of the molecule is O=P(O)(Cc1ccccc1)OCCCCCCCCc1ccccc1. The lowest BCUT2D eigenvalue weighted by molar-refractivity contribution is 0.251. The molecule has 0 heterocycles. The molecule has 1 N–H and O–H groups in total. The highest BCUT2D eigenvalue weighted by atomic mass is 31.2. The molecule has 2 aromatic rings. The summed E-state index contributed by atoms with van der Waals surface area (Å²) in [6, 6.07) is 19.9. The highest BCUT2D eigenvalue weighted by Gasteiger charge is 2.19. The molecule has 0 amide bonds. The van der Waals surface area contributed by atoms with Crippen LogP contribution in [0.3, 0.4) is 0 Å². The smallest absolute Gasteiger partial charge is 0.324 e. The van der Waals surface area contributed by atoms with Gasteiger partial charge in [-0.05, 0) is 30.4 Å². The van der Waals surface area contributed by atoms with Gasteiger partial charge in [-0.3, -0.25) is 4.57 Å². The van der Waals surface area contributed by atoms with Gasteiger partial charge in [0.25, 0.3) is 0 Å². The number of hydrogen-bond acceptors (Lipinski definition) is 2. The van der Waals surface area contributed by atoms with Gasteiger partial charge in [-0.1, -0.05) is 86.3 Å². The van der Waals surface area contributed by atoms with Crippen LogP contribution in [0.15, 0.2) is 60.7 Å². The summed E-state index contributed by atoms with van der Waals surface area (Å²) in [7, 11) is -3.51. The number of aryl methyl sites for hydroxylation is 1. The Morgan fingerprint density at radius 1 is 0.720 bits per heavy atom. The van der Waals surface area contributed by atoms with Gasteiger partial charge in [0.2, 0.25) is 0 Å². The molecule has 3 nitrogen and oxygen atoms in total. The highest BCUT2D eigenvalue weighted by molar-refractivity contribution is 7.51. The van der Waals surface area contributed by atoms with E-state index in [-0.39, 0.29) is 6.16 Å². The van der Waals surface area contributed by atoms with E-state index < -0.39 is 7.60 Å². The van der Waals surface area contributed by atoms with Crippen LogP contribution in [0.5, 0.6) is 0 Å². The summed E-state index contributed by atoms with van der Waals surface area (Å²) in [5, 5.41) is 0. The minimum Gasteiger partial charge on any atom is -0.324 e. The van der Waals surface area contributed by atoms with E-state index >= 15 is 0 Å². The fourth-order valence-electron chi connectivity index (χ4n) is 2.85. The Kier molecular flexibility index (Phi) is 8.96. The third-order valence-corrected chi connectivity index (χ3v) is 5.57. The van der Waals surface area contributed by atoms with E-state index in [1.165, 1.54) is 24.8 Å². The van der Waals surface area contributed by atoms with Crippen molar-refractivity contribution in [3.8, 4) is 0 Å². The summed E-state index contributed by atoms with van der Waals surface area (Å²) in [5.74, 6) is 0. The summed E-state index contributed by atoms with van der Waals surface area (Å²) in [6.45, 7) is 0.366.